The van der Waals surface area contributed by atoms with Crippen molar-refractivity contribution in [2.45, 2.75) is 32.3 Å². The SMILES string of the molecule is CCC1(CC)Oc2cc(O)ccc2N(CCO)C1=O. The average Bonchev–Trinajstić information content (AvgIpc) is 2.42. The number of carbonyl (C=O) groups is 1. The minimum atomic E-state index is -0.907. The molecule has 0 atom stereocenters. The lowest BCUT2D eigenvalue weighted by molar-refractivity contribution is -0.136. The van der Waals surface area contributed by atoms with Crippen LogP contribution < -0.4 is 9.64 Å². The molecule has 5 nitrogen and oxygen atoms in total. The number of phenolic OH excluding ortho intramolecular Hbond substituents is 1. The minimum absolute atomic E-state index is 0.0955. The quantitative estimate of drug-likeness (QED) is 0.868. The molecule has 0 radical (unpaired) electrons. The zero-order valence-corrected chi connectivity index (χ0v) is 11.2. The number of fused-ring (bicyclic) bond motifs is 1. The van der Waals surface area contributed by atoms with Gasteiger partial charge in [-0.3, -0.25) is 4.79 Å². The van der Waals surface area contributed by atoms with Gasteiger partial charge in [0.2, 0.25) is 0 Å². The first-order chi connectivity index (χ1) is 9.07. The van der Waals surface area contributed by atoms with E-state index in [1.54, 1.807) is 6.07 Å². The number of hydrogen-bond acceptors (Lipinski definition) is 4. The van der Waals surface area contributed by atoms with Crippen LogP contribution in [0.2, 0.25) is 0 Å². The maximum absolute atomic E-state index is 12.6. The lowest BCUT2D eigenvalue weighted by Gasteiger charge is -2.41. The van der Waals surface area contributed by atoms with Gasteiger partial charge >= 0.3 is 0 Å². The zero-order chi connectivity index (χ0) is 14.0. The Balaban J connectivity index is 2.52. The van der Waals surface area contributed by atoms with E-state index < -0.39 is 5.60 Å². The first kappa shape index (κ1) is 13.7. The molecule has 0 aromatic heterocycles. The van der Waals surface area contributed by atoms with Gasteiger partial charge in [0.1, 0.15) is 11.5 Å². The maximum Gasteiger partial charge on any atom is 0.271 e. The number of β-amino-alcohol motifs (C(OH)–C–C–N with tert-alkyl or cyclic N) is 1. The highest BCUT2D eigenvalue weighted by Crippen LogP contribution is 2.41. The van der Waals surface area contributed by atoms with Gasteiger partial charge in [-0.15, -0.1) is 0 Å². The number of hydrogen-bond donors (Lipinski definition) is 2. The van der Waals surface area contributed by atoms with Crippen molar-refractivity contribution in [3.05, 3.63) is 18.2 Å². The second kappa shape index (κ2) is 5.09. The van der Waals surface area contributed by atoms with Crippen molar-refractivity contribution in [1.82, 2.24) is 0 Å². The Hall–Kier alpha value is -1.75. The number of ether oxygens (including phenoxy) is 1. The van der Waals surface area contributed by atoms with Crippen molar-refractivity contribution < 1.29 is 19.7 Å². The standard InChI is InChI=1S/C14H19NO4/c1-3-14(4-2)13(18)15(7-8-16)11-6-5-10(17)9-12(11)19-14/h5-6,9,16-17H,3-4,7-8H2,1-2H3. The van der Waals surface area contributed by atoms with Crippen LogP contribution in [-0.4, -0.2) is 34.9 Å². The predicted octanol–water partition coefficient (Wildman–Crippen LogP) is 1.67. The summed E-state index contributed by atoms with van der Waals surface area (Å²) in [6.45, 7) is 3.90. The maximum atomic E-state index is 12.6. The molecule has 2 rings (SSSR count). The lowest BCUT2D eigenvalue weighted by atomic mass is 9.92. The summed E-state index contributed by atoms with van der Waals surface area (Å²) in [5, 5.41) is 18.7. The predicted molar refractivity (Wildman–Crippen MR) is 71.5 cm³/mol. The van der Waals surface area contributed by atoms with E-state index in [1.807, 2.05) is 13.8 Å². The molecule has 0 bridgehead atoms. The van der Waals surface area contributed by atoms with E-state index >= 15 is 0 Å². The van der Waals surface area contributed by atoms with Crippen molar-refractivity contribution in [2.75, 3.05) is 18.1 Å². The molecule has 1 aliphatic heterocycles. The van der Waals surface area contributed by atoms with Gasteiger partial charge in [0.25, 0.3) is 5.91 Å². The second-order valence-corrected chi connectivity index (χ2v) is 4.64. The summed E-state index contributed by atoms with van der Waals surface area (Å²) in [5.74, 6) is 0.444. The Morgan fingerprint density at radius 1 is 1.32 bits per heavy atom. The summed E-state index contributed by atoms with van der Waals surface area (Å²) >= 11 is 0. The van der Waals surface area contributed by atoms with Gasteiger partial charge in [0.15, 0.2) is 5.60 Å². The van der Waals surface area contributed by atoms with E-state index in [0.29, 0.717) is 24.3 Å². The molecule has 0 aliphatic carbocycles. The minimum Gasteiger partial charge on any atom is -0.508 e. The molecule has 0 saturated carbocycles. The van der Waals surface area contributed by atoms with Crippen LogP contribution in [0.3, 0.4) is 0 Å². The molecule has 1 aromatic rings. The van der Waals surface area contributed by atoms with Crippen LogP contribution in [-0.2, 0) is 4.79 Å². The molecule has 104 valence electrons. The monoisotopic (exact) mass is 265 g/mol. The van der Waals surface area contributed by atoms with Crippen LogP contribution in [0, 0.1) is 0 Å². The molecule has 2 N–H and O–H groups in total. The Bertz CT molecular complexity index is 482. The van der Waals surface area contributed by atoms with Crippen molar-refractivity contribution >= 4 is 11.6 Å². The lowest BCUT2D eigenvalue weighted by Crippen LogP contribution is -2.56. The van der Waals surface area contributed by atoms with Crippen LogP contribution in [0.4, 0.5) is 5.69 Å². The second-order valence-electron chi connectivity index (χ2n) is 4.64. The van der Waals surface area contributed by atoms with Crippen molar-refractivity contribution in [2.24, 2.45) is 0 Å². The molecule has 1 aromatic carbocycles. The average molecular weight is 265 g/mol. The molecule has 0 spiro atoms. The Morgan fingerprint density at radius 3 is 2.58 bits per heavy atom. The number of aliphatic hydroxyl groups is 1. The van der Waals surface area contributed by atoms with Gasteiger partial charge in [0.05, 0.1) is 12.3 Å². The first-order valence-electron chi connectivity index (χ1n) is 6.53. The number of carbonyl (C=O) groups excluding carboxylic acids is 1. The molecule has 1 amide bonds. The zero-order valence-electron chi connectivity index (χ0n) is 11.2. The number of nitrogens with zero attached hydrogens (tertiary/aromatic N) is 1. The fraction of sp³-hybridized carbons (Fsp3) is 0.500. The number of amides is 1. The van der Waals surface area contributed by atoms with Gasteiger partial charge < -0.3 is 19.8 Å². The number of rotatable bonds is 4. The number of anilines is 1. The van der Waals surface area contributed by atoms with E-state index in [0.717, 1.165) is 0 Å². The number of phenols is 1. The normalized spacial score (nSPS) is 17.0. The number of benzene rings is 1. The summed E-state index contributed by atoms with van der Waals surface area (Å²) in [4.78, 5) is 14.1. The highest BCUT2D eigenvalue weighted by molar-refractivity contribution is 6.02. The summed E-state index contributed by atoms with van der Waals surface area (Å²) in [6, 6.07) is 4.64. The number of aliphatic hydroxyl groups excluding tert-OH is 1. The summed E-state index contributed by atoms with van der Waals surface area (Å²) in [7, 11) is 0. The molecule has 0 fully saturated rings. The molecule has 0 unspecified atom stereocenters. The van der Waals surface area contributed by atoms with E-state index in [4.69, 9.17) is 9.84 Å². The summed E-state index contributed by atoms with van der Waals surface area (Å²) < 4.78 is 5.85. The van der Waals surface area contributed by atoms with Gasteiger partial charge in [-0.2, -0.15) is 0 Å². The van der Waals surface area contributed by atoms with Crippen molar-refractivity contribution in [1.29, 1.82) is 0 Å². The van der Waals surface area contributed by atoms with E-state index in [1.165, 1.54) is 17.0 Å². The van der Waals surface area contributed by atoms with E-state index in [-0.39, 0.29) is 24.8 Å². The first-order valence-corrected chi connectivity index (χ1v) is 6.53. The van der Waals surface area contributed by atoms with Crippen LogP contribution in [0.25, 0.3) is 0 Å². The Labute approximate surface area is 112 Å². The summed E-state index contributed by atoms with van der Waals surface area (Å²) in [6.07, 6.45) is 1.08. The van der Waals surface area contributed by atoms with E-state index in [2.05, 4.69) is 0 Å². The Morgan fingerprint density at radius 2 is 2.00 bits per heavy atom. The largest absolute Gasteiger partial charge is 0.508 e. The third kappa shape index (κ3) is 2.14. The topological polar surface area (TPSA) is 70.0 Å². The highest BCUT2D eigenvalue weighted by atomic mass is 16.5. The fourth-order valence-corrected chi connectivity index (χ4v) is 2.44. The number of aromatic hydroxyl groups is 1. The summed E-state index contributed by atoms with van der Waals surface area (Å²) in [5.41, 5.74) is -0.315. The van der Waals surface area contributed by atoms with Crippen LogP contribution in [0.15, 0.2) is 18.2 Å². The Kier molecular flexibility index (Phi) is 3.66. The molecular formula is C14H19NO4. The molecule has 0 saturated heterocycles. The molecule has 1 aliphatic rings. The third-order valence-electron chi connectivity index (χ3n) is 3.64. The van der Waals surface area contributed by atoms with Crippen LogP contribution >= 0.6 is 0 Å². The molecule has 5 heteroatoms. The third-order valence-corrected chi connectivity index (χ3v) is 3.64. The van der Waals surface area contributed by atoms with Gasteiger partial charge in [-0.05, 0) is 25.0 Å². The van der Waals surface area contributed by atoms with E-state index in [9.17, 15) is 9.90 Å². The molecule has 19 heavy (non-hydrogen) atoms. The van der Waals surface area contributed by atoms with Crippen LogP contribution in [0.5, 0.6) is 11.5 Å². The van der Waals surface area contributed by atoms with Crippen LogP contribution in [0.1, 0.15) is 26.7 Å². The van der Waals surface area contributed by atoms with Gasteiger partial charge in [-0.1, -0.05) is 13.8 Å². The van der Waals surface area contributed by atoms with Crippen molar-refractivity contribution in [3.63, 3.8) is 0 Å². The highest BCUT2D eigenvalue weighted by Gasteiger charge is 2.45. The molecule has 1 heterocycles. The smallest absolute Gasteiger partial charge is 0.271 e. The van der Waals surface area contributed by atoms with Gasteiger partial charge in [-0.25, -0.2) is 0 Å². The fourth-order valence-electron chi connectivity index (χ4n) is 2.44. The van der Waals surface area contributed by atoms with Crippen molar-refractivity contribution in [3.8, 4) is 11.5 Å². The molecular weight excluding hydrogens is 246 g/mol. The van der Waals surface area contributed by atoms with Gasteiger partial charge in [0, 0.05) is 12.6 Å².